The summed E-state index contributed by atoms with van der Waals surface area (Å²) in [5, 5.41) is 0.731. The van der Waals surface area contributed by atoms with Crippen molar-refractivity contribution in [3.63, 3.8) is 0 Å². The highest BCUT2D eigenvalue weighted by molar-refractivity contribution is 6.30. The second-order valence-corrected chi connectivity index (χ2v) is 5.70. The van der Waals surface area contributed by atoms with Crippen molar-refractivity contribution in [3.05, 3.63) is 46.1 Å². The summed E-state index contributed by atoms with van der Waals surface area (Å²) in [5.74, 6) is 6.97. The average Bonchev–Trinajstić information content (AvgIpc) is 3.19. The minimum absolute atomic E-state index is 0.0924. The van der Waals surface area contributed by atoms with E-state index >= 15 is 0 Å². The van der Waals surface area contributed by atoms with Crippen LogP contribution in [0.1, 0.15) is 29.7 Å². The number of hydrogen-bond acceptors (Lipinski definition) is 4. The molecule has 0 amide bonds. The zero-order valence-corrected chi connectivity index (χ0v) is 12.4. The van der Waals surface area contributed by atoms with Gasteiger partial charge in [0.25, 0.3) is 0 Å². The topological polar surface area (TPSA) is 77.8 Å². The van der Waals surface area contributed by atoms with Gasteiger partial charge >= 0.3 is 0 Å². The van der Waals surface area contributed by atoms with E-state index in [1.807, 2.05) is 31.2 Å². The Balaban J connectivity index is 1.96. The molecule has 1 aromatic heterocycles. The largest absolute Gasteiger partial charge is 0.382 e. The summed E-state index contributed by atoms with van der Waals surface area (Å²) in [6, 6.07) is 7.84. The number of hydrogen-bond donors (Lipinski definition) is 2. The molecule has 1 fully saturated rings. The van der Waals surface area contributed by atoms with Crippen LogP contribution in [0.5, 0.6) is 0 Å². The molecule has 3 rings (SSSR count). The van der Waals surface area contributed by atoms with Crippen LogP contribution in [-0.4, -0.2) is 9.97 Å². The van der Waals surface area contributed by atoms with Crippen molar-refractivity contribution in [1.29, 1.82) is 0 Å². The maximum Gasteiger partial charge on any atom is 0.222 e. The fourth-order valence-corrected chi connectivity index (χ4v) is 2.46. The number of nitrogens with zero attached hydrogens (tertiary/aromatic N) is 2. The van der Waals surface area contributed by atoms with Crippen molar-refractivity contribution in [1.82, 2.24) is 9.97 Å². The van der Waals surface area contributed by atoms with Gasteiger partial charge in [0.05, 0.1) is 16.7 Å². The molecule has 1 aliphatic rings. The number of nitrogen functional groups attached to an aromatic ring is 2. The lowest BCUT2D eigenvalue weighted by Crippen LogP contribution is -2.06. The molecule has 5 heteroatoms. The van der Waals surface area contributed by atoms with E-state index < -0.39 is 0 Å². The zero-order chi connectivity index (χ0) is 15.0. The van der Waals surface area contributed by atoms with Crippen molar-refractivity contribution < 1.29 is 0 Å². The van der Waals surface area contributed by atoms with Gasteiger partial charge in [0, 0.05) is 5.02 Å². The Kier molecular flexibility index (Phi) is 3.23. The lowest BCUT2D eigenvalue weighted by Gasteiger charge is -2.08. The number of rotatable bonds is 1. The molecule has 0 unspecified atom stereocenters. The first-order valence-electron chi connectivity index (χ1n) is 6.69. The highest BCUT2D eigenvalue weighted by atomic mass is 35.5. The molecule has 1 aliphatic carbocycles. The van der Waals surface area contributed by atoms with Crippen LogP contribution in [0.2, 0.25) is 5.02 Å². The van der Waals surface area contributed by atoms with Crippen molar-refractivity contribution in [3.8, 4) is 11.8 Å². The molecule has 0 aliphatic heterocycles. The molecule has 0 saturated heterocycles. The number of aromatic nitrogens is 2. The monoisotopic (exact) mass is 298 g/mol. The molecule has 21 heavy (non-hydrogen) atoms. The molecule has 0 bridgehead atoms. The number of halogens is 1. The van der Waals surface area contributed by atoms with Gasteiger partial charge < -0.3 is 11.5 Å². The Morgan fingerprint density at radius 1 is 1.14 bits per heavy atom. The van der Waals surface area contributed by atoms with Gasteiger partial charge in [-0.3, -0.25) is 0 Å². The Hall–Kier alpha value is -2.25. The second kappa shape index (κ2) is 4.94. The van der Waals surface area contributed by atoms with Crippen molar-refractivity contribution in [2.45, 2.75) is 25.2 Å². The number of anilines is 2. The van der Waals surface area contributed by atoms with Gasteiger partial charge in [-0.25, -0.2) is 4.98 Å². The molecular weight excluding hydrogens is 284 g/mol. The summed E-state index contributed by atoms with van der Waals surface area (Å²) in [7, 11) is 0. The van der Waals surface area contributed by atoms with E-state index in [1.165, 1.54) is 5.56 Å². The van der Waals surface area contributed by atoms with E-state index in [0.29, 0.717) is 17.1 Å². The van der Waals surface area contributed by atoms with Crippen LogP contribution in [0.15, 0.2) is 24.3 Å². The van der Waals surface area contributed by atoms with Crippen LogP contribution < -0.4 is 11.5 Å². The quantitative estimate of drug-likeness (QED) is 0.794. The van der Waals surface area contributed by atoms with Crippen LogP contribution in [0.25, 0.3) is 0 Å². The zero-order valence-electron chi connectivity index (χ0n) is 11.7. The van der Waals surface area contributed by atoms with Gasteiger partial charge in [0.1, 0.15) is 5.82 Å². The van der Waals surface area contributed by atoms with Gasteiger partial charge in [-0.2, -0.15) is 4.98 Å². The first-order valence-corrected chi connectivity index (χ1v) is 7.07. The summed E-state index contributed by atoms with van der Waals surface area (Å²) in [6.07, 6.45) is 2.08. The fourth-order valence-electron chi connectivity index (χ4n) is 2.33. The molecule has 106 valence electrons. The molecule has 4 nitrogen and oxygen atoms in total. The minimum Gasteiger partial charge on any atom is -0.382 e. The molecule has 0 radical (unpaired) electrons. The first-order chi connectivity index (χ1) is 10.00. The Bertz CT molecular complexity index is 729. The van der Waals surface area contributed by atoms with Crippen LogP contribution in [0.4, 0.5) is 11.8 Å². The second-order valence-electron chi connectivity index (χ2n) is 5.27. The minimum atomic E-state index is -0.0924. The van der Waals surface area contributed by atoms with Crippen LogP contribution >= 0.6 is 11.6 Å². The van der Waals surface area contributed by atoms with E-state index in [4.69, 9.17) is 23.1 Å². The highest BCUT2D eigenvalue weighted by Gasteiger charge is 2.42. The highest BCUT2D eigenvalue weighted by Crippen LogP contribution is 2.47. The van der Waals surface area contributed by atoms with E-state index in [9.17, 15) is 0 Å². The molecule has 1 saturated carbocycles. The van der Waals surface area contributed by atoms with Crippen LogP contribution in [0, 0.1) is 18.8 Å². The fraction of sp³-hybridized carbons (Fsp3) is 0.250. The Morgan fingerprint density at radius 3 is 2.38 bits per heavy atom. The van der Waals surface area contributed by atoms with E-state index in [0.717, 1.165) is 17.9 Å². The maximum atomic E-state index is 5.93. The Morgan fingerprint density at radius 2 is 1.81 bits per heavy atom. The first kappa shape index (κ1) is 13.7. The summed E-state index contributed by atoms with van der Waals surface area (Å²) < 4.78 is 0. The van der Waals surface area contributed by atoms with Crippen molar-refractivity contribution in [2.75, 3.05) is 11.5 Å². The van der Waals surface area contributed by atoms with Crippen molar-refractivity contribution >= 4 is 23.4 Å². The SMILES string of the molecule is Cc1nc(N)nc(N)c1C#CC1(c2ccc(Cl)cc2)CC1. The standard InChI is InChI=1S/C16H15ClN4/c1-10-13(14(18)21-15(19)20-10)6-7-16(8-9-16)11-2-4-12(17)5-3-11/h2-5H,8-9H2,1H3,(H4,18,19,20,21). The third-order valence-corrected chi connectivity index (χ3v) is 3.96. The summed E-state index contributed by atoms with van der Waals surface area (Å²) in [6.45, 7) is 1.83. The number of nitrogens with two attached hydrogens (primary N) is 2. The summed E-state index contributed by atoms with van der Waals surface area (Å²) in [5.41, 5.74) is 13.9. The molecule has 1 aromatic carbocycles. The number of aryl methyl sites for hydroxylation is 1. The normalized spacial score (nSPS) is 15.1. The van der Waals surface area contributed by atoms with Crippen molar-refractivity contribution in [2.24, 2.45) is 0 Å². The molecule has 0 spiro atoms. The van der Waals surface area contributed by atoms with Crippen LogP contribution in [-0.2, 0) is 5.41 Å². The maximum absolute atomic E-state index is 5.93. The molecule has 1 heterocycles. The molecule has 4 N–H and O–H groups in total. The molecular formula is C16H15ClN4. The third kappa shape index (κ3) is 2.65. The van der Waals surface area contributed by atoms with E-state index in [1.54, 1.807) is 0 Å². The van der Waals surface area contributed by atoms with Gasteiger partial charge in [-0.1, -0.05) is 35.6 Å². The van der Waals surface area contributed by atoms with Crippen LogP contribution in [0.3, 0.4) is 0 Å². The predicted molar refractivity (Wildman–Crippen MR) is 84.8 cm³/mol. The van der Waals surface area contributed by atoms with E-state index in [2.05, 4.69) is 21.8 Å². The van der Waals surface area contributed by atoms with E-state index in [-0.39, 0.29) is 11.4 Å². The predicted octanol–water partition coefficient (Wildman–Crippen LogP) is 2.69. The smallest absolute Gasteiger partial charge is 0.222 e. The average molecular weight is 299 g/mol. The lowest BCUT2D eigenvalue weighted by molar-refractivity contribution is 0.929. The Labute approximate surface area is 128 Å². The van der Waals surface area contributed by atoms with Gasteiger partial charge in [0.15, 0.2) is 0 Å². The molecule has 0 atom stereocenters. The third-order valence-electron chi connectivity index (χ3n) is 3.71. The summed E-state index contributed by atoms with van der Waals surface area (Å²) in [4.78, 5) is 8.07. The summed E-state index contributed by atoms with van der Waals surface area (Å²) >= 11 is 5.93. The van der Waals surface area contributed by atoms with Gasteiger partial charge in [0.2, 0.25) is 5.95 Å². The van der Waals surface area contributed by atoms with Gasteiger partial charge in [-0.15, -0.1) is 0 Å². The van der Waals surface area contributed by atoms with Gasteiger partial charge in [-0.05, 0) is 37.5 Å². The lowest BCUT2D eigenvalue weighted by atomic mass is 9.96. The number of benzene rings is 1. The molecule has 2 aromatic rings.